The molecule has 2 aliphatic heterocycles. The van der Waals surface area contributed by atoms with Crippen LogP contribution in [0.1, 0.15) is 18.9 Å². The molecule has 230 valence electrons. The summed E-state index contributed by atoms with van der Waals surface area (Å²) in [5, 5.41) is -1.42. The first-order valence-corrected chi connectivity index (χ1v) is 17.1. The van der Waals surface area contributed by atoms with Gasteiger partial charge < -0.3 is 0 Å². The van der Waals surface area contributed by atoms with Crippen LogP contribution in [0, 0.1) is 5.92 Å². The SMILES string of the molecule is CCS(=O)(=O)c1ccc(Cl)cc1CN1C(=O)N=C2C(=CC(C(F)(F)F)=C(CN3CC[C@H](CNS(C)(=O)=O)C3)C2Cl)C1=O. The zero-order chi connectivity index (χ0) is 31.2. The zero-order valence-electron chi connectivity index (χ0n) is 22.4. The molecular weight excluding hydrogens is 644 g/mol. The lowest BCUT2D eigenvalue weighted by atomic mass is 9.87. The number of halogens is 5. The van der Waals surface area contributed by atoms with Crippen molar-refractivity contribution in [2.45, 2.75) is 36.3 Å². The van der Waals surface area contributed by atoms with E-state index in [1.165, 1.54) is 25.1 Å². The third-order valence-corrected chi connectivity index (χ3v) is 10.4. The number of alkyl halides is 4. The first-order chi connectivity index (χ1) is 19.4. The van der Waals surface area contributed by atoms with Crippen LogP contribution in [0.4, 0.5) is 18.0 Å². The number of allylic oxidation sites excluding steroid dienone is 2. The van der Waals surface area contributed by atoms with Crippen molar-refractivity contribution in [3.05, 3.63) is 51.6 Å². The largest absolute Gasteiger partial charge is 0.416 e. The van der Waals surface area contributed by atoms with Crippen molar-refractivity contribution in [1.82, 2.24) is 14.5 Å². The van der Waals surface area contributed by atoms with E-state index in [1.807, 2.05) is 0 Å². The van der Waals surface area contributed by atoms with E-state index < -0.39 is 61.0 Å². The smallest absolute Gasteiger partial charge is 0.299 e. The molecule has 1 aromatic rings. The minimum absolute atomic E-state index is 0.00441. The molecule has 1 unspecified atom stereocenters. The topological polar surface area (TPSA) is 133 Å². The number of fused-ring (bicyclic) bond motifs is 1. The summed E-state index contributed by atoms with van der Waals surface area (Å²) >= 11 is 12.5. The molecular formula is C25H27Cl2F3N4O6S2. The number of likely N-dealkylation sites (tertiary alicyclic amines) is 1. The summed E-state index contributed by atoms with van der Waals surface area (Å²) in [6.07, 6.45) is -2.73. The molecule has 0 spiro atoms. The van der Waals surface area contributed by atoms with Gasteiger partial charge in [-0.25, -0.2) is 26.4 Å². The van der Waals surface area contributed by atoms with Crippen LogP contribution in [-0.2, 0) is 31.2 Å². The highest BCUT2D eigenvalue weighted by Gasteiger charge is 2.46. The molecule has 2 atom stereocenters. The number of imide groups is 1. The number of hydrogen-bond donors (Lipinski definition) is 1. The standard InChI is InChI=1S/C25H27Cl2F3N4O6S2/c1-3-42(39,40)20-5-4-16(26)8-15(20)12-34-23(35)17-9-19(25(28,29)30)18(21(27)22(17)32-24(34)36)13-33-7-6-14(11-33)10-31-41(2,37)38/h4-5,8-9,14,21,31H,3,6-7,10-13H2,1-2H3/t14-,21?/m1/s1. The number of nitrogens with zero attached hydrogens (tertiary/aromatic N) is 3. The average molecular weight is 672 g/mol. The Morgan fingerprint density at radius 2 is 1.83 bits per heavy atom. The summed E-state index contributed by atoms with van der Waals surface area (Å²) < 4.78 is 93.2. The molecule has 0 radical (unpaired) electrons. The van der Waals surface area contributed by atoms with Gasteiger partial charge in [0, 0.05) is 24.7 Å². The third kappa shape index (κ3) is 7.08. The van der Waals surface area contributed by atoms with Gasteiger partial charge in [-0.1, -0.05) is 18.5 Å². The lowest BCUT2D eigenvalue weighted by molar-refractivity contribution is -0.124. The van der Waals surface area contributed by atoms with Gasteiger partial charge in [0.1, 0.15) is 0 Å². The summed E-state index contributed by atoms with van der Waals surface area (Å²) in [7, 11) is -7.23. The fourth-order valence-corrected chi connectivity index (χ4v) is 7.23. The molecule has 2 heterocycles. The first kappa shape index (κ1) is 32.6. The number of hydrogen-bond acceptors (Lipinski definition) is 7. The summed E-state index contributed by atoms with van der Waals surface area (Å²) in [4.78, 5) is 32.3. The lowest BCUT2D eigenvalue weighted by Gasteiger charge is -2.33. The number of aliphatic imine (C=N–C) groups is 1. The van der Waals surface area contributed by atoms with Crippen LogP contribution in [0.5, 0.6) is 0 Å². The van der Waals surface area contributed by atoms with E-state index in [9.17, 15) is 39.6 Å². The third-order valence-electron chi connectivity index (χ3n) is 7.15. The van der Waals surface area contributed by atoms with Gasteiger partial charge in [0.2, 0.25) is 10.0 Å². The highest BCUT2D eigenvalue weighted by Crippen LogP contribution is 2.40. The fraction of sp³-hybridized carbons (Fsp3) is 0.480. The number of amides is 3. The van der Waals surface area contributed by atoms with Crippen LogP contribution < -0.4 is 4.72 Å². The molecule has 42 heavy (non-hydrogen) atoms. The molecule has 3 amide bonds. The van der Waals surface area contributed by atoms with Gasteiger partial charge in [0.25, 0.3) is 5.91 Å². The predicted octanol–water partition coefficient (Wildman–Crippen LogP) is 3.31. The van der Waals surface area contributed by atoms with Gasteiger partial charge >= 0.3 is 12.2 Å². The first-order valence-electron chi connectivity index (χ1n) is 12.7. The molecule has 1 aromatic carbocycles. The molecule has 0 bridgehead atoms. The minimum Gasteiger partial charge on any atom is -0.299 e. The van der Waals surface area contributed by atoms with E-state index >= 15 is 0 Å². The van der Waals surface area contributed by atoms with Crippen LogP contribution in [0.2, 0.25) is 5.02 Å². The number of benzene rings is 1. The molecule has 3 aliphatic rings. The van der Waals surface area contributed by atoms with E-state index in [-0.39, 0.29) is 51.5 Å². The molecule has 1 aliphatic carbocycles. The van der Waals surface area contributed by atoms with Gasteiger partial charge in [-0.3, -0.25) is 14.6 Å². The Morgan fingerprint density at radius 1 is 1.14 bits per heavy atom. The average Bonchev–Trinajstić information content (AvgIpc) is 3.33. The molecule has 0 saturated carbocycles. The normalized spacial score (nSPS) is 22.4. The van der Waals surface area contributed by atoms with Crippen molar-refractivity contribution in [2.75, 3.05) is 38.2 Å². The highest BCUT2D eigenvalue weighted by molar-refractivity contribution is 7.91. The van der Waals surface area contributed by atoms with Crippen molar-refractivity contribution in [1.29, 1.82) is 0 Å². The van der Waals surface area contributed by atoms with E-state index in [4.69, 9.17) is 23.2 Å². The van der Waals surface area contributed by atoms with Crippen molar-refractivity contribution in [3.63, 3.8) is 0 Å². The van der Waals surface area contributed by atoms with Crippen LogP contribution >= 0.6 is 23.2 Å². The number of carbonyl (C=O) groups excluding carboxylic acids is 2. The van der Waals surface area contributed by atoms with E-state index in [2.05, 4.69) is 9.71 Å². The number of sulfonamides is 1. The fourth-order valence-electron chi connectivity index (χ4n) is 5.04. The van der Waals surface area contributed by atoms with Gasteiger partial charge in [-0.2, -0.15) is 18.2 Å². The monoisotopic (exact) mass is 670 g/mol. The van der Waals surface area contributed by atoms with Crippen molar-refractivity contribution >= 4 is 60.7 Å². The van der Waals surface area contributed by atoms with Crippen LogP contribution in [0.25, 0.3) is 0 Å². The number of urea groups is 1. The van der Waals surface area contributed by atoms with E-state index in [1.54, 1.807) is 4.90 Å². The number of rotatable bonds is 9. The molecule has 1 N–H and O–H groups in total. The van der Waals surface area contributed by atoms with Crippen LogP contribution in [-0.4, -0.2) is 94.0 Å². The summed E-state index contributed by atoms with van der Waals surface area (Å²) in [6, 6.07) is 2.71. The molecule has 4 rings (SSSR count). The second-order valence-corrected chi connectivity index (χ2v) is 15.1. The molecule has 1 saturated heterocycles. The van der Waals surface area contributed by atoms with Crippen LogP contribution in [0.3, 0.4) is 0 Å². The Morgan fingerprint density at radius 3 is 2.45 bits per heavy atom. The van der Waals surface area contributed by atoms with Gasteiger partial charge in [-0.05, 0) is 54.3 Å². The van der Waals surface area contributed by atoms with Gasteiger partial charge in [-0.15, -0.1) is 11.6 Å². The molecule has 0 aromatic heterocycles. The summed E-state index contributed by atoms with van der Waals surface area (Å²) in [5.41, 5.74) is -2.28. The second kappa shape index (κ2) is 12.0. The number of carbonyl (C=O) groups is 2. The van der Waals surface area contributed by atoms with Crippen molar-refractivity contribution < 1.29 is 39.6 Å². The Kier molecular flexibility index (Phi) is 9.32. The number of sulfone groups is 1. The molecule has 10 nitrogen and oxygen atoms in total. The Labute approximate surface area is 251 Å². The molecule has 17 heteroatoms. The second-order valence-electron chi connectivity index (χ2n) is 10.2. The van der Waals surface area contributed by atoms with Crippen molar-refractivity contribution in [3.8, 4) is 0 Å². The van der Waals surface area contributed by atoms with E-state index in [0.717, 1.165) is 6.26 Å². The predicted molar refractivity (Wildman–Crippen MR) is 151 cm³/mol. The lowest BCUT2D eigenvalue weighted by Crippen LogP contribution is -2.46. The minimum atomic E-state index is -4.90. The Hall–Kier alpha value is -2.30. The maximum absolute atomic E-state index is 14.3. The summed E-state index contributed by atoms with van der Waals surface area (Å²) in [6.45, 7) is 1.39. The quantitative estimate of drug-likeness (QED) is 0.399. The molecule has 1 fully saturated rings. The van der Waals surface area contributed by atoms with Crippen molar-refractivity contribution in [2.24, 2.45) is 10.9 Å². The zero-order valence-corrected chi connectivity index (χ0v) is 25.6. The van der Waals surface area contributed by atoms with E-state index in [0.29, 0.717) is 30.5 Å². The maximum atomic E-state index is 14.3. The summed E-state index contributed by atoms with van der Waals surface area (Å²) in [5.74, 6) is -1.52. The van der Waals surface area contributed by atoms with Crippen LogP contribution in [0.15, 0.2) is 50.9 Å². The number of nitrogens with one attached hydrogen (secondary N) is 1. The van der Waals surface area contributed by atoms with Gasteiger partial charge in [0.15, 0.2) is 9.84 Å². The van der Waals surface area contributed by atoms with Gasteiger partial charge in [0.05, 0.1) is 45.7 Å². The highest BCUT2D eigenvalue weighted by atomic mass is 35.5. The Balaban J connectivity index is 1.66. The maximum Gasteiger partial charge on any atom is 0.416 e. The Bertz CT molecular complexity index is 1620.